The van der Waals surface area contributed by atoms with Gasteiger partial charge in [0.15, 0.2) is 0 Å². The van der Waals surface area contributed by atoms with Gasteiger partial charge < -0.3 is 4.74 Å². The lowest BCUT2D eigenvalue weighted by molar-refractivity contribution is -0.134. The topological polar surface area (TPSA) is 57.5 Å². The van der Waals surface area contributed by atoms with E-state index in [2.05, 4.69) is 32.0 Å². The van der Waals surface area contributed by atoms with Crippen LogP contribution in [0.25, 0.3) is 0 Å². The number of hydrogen-bond donors (Lipinski definition) is 0. The van der Waals surface area contributed by atoms with E-state index >= 15 is 0 Å². The van der Waals surface area contributed by atoms with Crippen molar-refractivity contribution in [1.82, 2.24) is 0 Å². The standard InChI is InChI=1S/C28H27ClN4O2S/c1-4-35-27(34)26-31-33(23-12-8-9-21(29)18-23)28(36-26)16-15-25(24-17-19(2)13-14-20(24)3)30-32(28)22-10-6-5-7-11-22/h5-14,17-18H,4,15-16H2,1-3H3/t28-/m1/s1. The number of carbonyl (C=O) groups is 1. The smallest absolute Gasteiger partial charge is 0.365 e. The number of esters is 1. The monoisotopic (exact) mass is 518 g/mol. The molecular weight excluding hydrogens is 492 g/mol. The van der Waals surface area contributed by atoms with Crippen LogP contribution in [-0.2, 0) is 9.53 Å². The summed E-state index contributed by atoms with van der Waals surface area (Å²) >= 11 is 7.75. The highest BCUT2D eigenvalue weighted by molar-refractivity contribution is 8.17. The van der Waals surface area contributed by atoms with Gasteiger partial charge in [-0.25, -0.2) is 14.8 Å². The van der Waals surface area contributed by atoms with Crippen LogP contribution in [0.2, 0.25) is 5.02 Å². The number of halogens is 1. The molecule has 0 fully saturated rings. The maximum absolute atomic E-state index is 12.8. The first-order chi connectivity index (χ1) is 17.4. The molecule has 1 atom stereocenters. The molecule has 8 heteroatoms. The Bertz CT molecular complexity index is 1360. The molecule has 2 heterocycles. The molecule has 0 unspecified atom stereocenters. The first kappa shape index (κ1) is 24.4. The van der Waals surface area contributed by atoms with Gasteiger partial charge in [0.2, 0.25) is 10.0 Å². The van der Waals surface area contributed by atoms with Gasteiger partial charge in [0.25, 0.3) is 0 Å². The molecule has 0 saturated heterocycles. The molecular formula is C28H27ClN4O2S. The van der Waals surface area contributed by atoms with Gasteiger partial charge in [0.1, 0.15) is 0 Å². The van der Waals surface area contributed by atoms with Crippen LogP contribution in [0.5, 0.6) is 0 Å². The number of ether oxygens (including phenoxy) is 1. The molecule has 2 aliphatic rings. The van der Waals surface area contributed by atoms with Crippen molar-refractivity contribution in [2.24, 2.45) is 10.2 Å². The Kier molecular flexibility index (Phi) is 6.77. The molecule has 36 heavy (non-hydrogen) atoms. The van der Waals surface area contributed by atoms with Crippen molar-refractivity contribution in [3.8, 4) is 0 Å². The fourth-order valence-electron chi connectivity index (χ4n) is 4.52. The molecule has 0 aliphatic carbocycles. The number of thioether (sulfide) groups is 1. The van der Waals surface area contributed by atoms with Crippen molar-refractivity contribution >= 4 is 51.5 Å². The fourth-order valence-corrected chi connectivity index (χ4v) is 5.95. The van der Waals surface area contributed by atoms with Gasteiger partial charge in [-0.05, 0) is 80.9 Å². The van der Waals surface area contributed by atoms with Crippen molar-refractivity contribution in [3.05, 3.63) is 94.5 Å². The molecule has 0 N–H and O–H groups in total. The molecule has 0 saturated carbocycles. The van der Waals surface area contributed by atoms with E-state index in [1.807, 2.05) is 64.6 Å². The van der Waals surface area contributed by atoms with Gasteiger partial charge in [-0.2, -0.15) is 10.2 Å². The van der Waals surface area contributed by atoms with E-state index in [9.17, 15) is 4.79 Å². The average Bonchev–Trinajstić information content (AvgIpc) is 3.26. The molecule has 6 nitrogen and oxygen atoms in total. The number of hydrazone groups is 2. The van der Waals surface area contributed by atoms with Crippen LogP contribution in [0.3, 0.4) is 0 Å². The lowest BCUT2D eigenvalue weighted by Gasteiger charge is -2.46. The average molecular weight is 519 g/mol. The number of carbonyl (C=O) groups excluding carboxylic acids is 1. The van der Waals surface area contributed by atoms with E-state index in [0.29, 0.717) is 22.9 Å². The molecule has 5 rings (SSSR count). The summed E-state index contributed by atoms with van der Waals surface area (Å²) in [4.78, 5) is 12.0. The third-order valence-corrected chi connectivity index (χ3v) is 7.78. The first-order valence-electron chi connectivity index (χ1n) is 11.9. The highest BCUT2D eigenvalue weighted by Crippen LogP contribution is 2.50. The summed E-state index contributed by atoms with van der Waals surface area (Å²) in [5.74, 6) is -0.441. The molecule has 0 radical (unpaired) electrons. The van der Waals surface area contributed by atoms with Crippen LogP contribution in [0.4, 0.5) is 11.4 Å². The third kappa shape index (κ3) is 4.49. The zero-order chi connectivity index (χ0) is 25.3. The van der Waals surface area contributed by atoms with Crippen LogP contribution in [-0.4, -0.2) is 28.3 Å². The molecule has 3 aromatic rings. The summed E-state index contributed by atoms with van der Waals surface area (Å²) in [6, 6.07) is 23.9. The predicted octanol–water partition coefficient (Wildman–Crippen LogP) is 6.75. The van der Waals surface area contributed by atoms with Gasteiger partial charge in [-0.1, -0.05) is 53.6 Å². The number of hydrogen-bond acceptors (Lipinski definition) is 7. The van der Waals surface area contributed by atoms with E-state index in [0.717, 1.165) is 22.6 Å². The minimum Gasteiger partial charge on any atom is -0.461 e. The minimum absolute atomic E-state index is 0.278. The van der Waals surface area contributed by atoms with Crippen LogP contribution in [0.1, 0.15) is 36.5 Å². The fraction of sp³-hybridized carbons (Fsp3) is 0.250. The van der Waals surface area contributed by atoms with Gasteiger partial charge in [-0.15, -0.1) is 0 Å². The molecule has 3 aromatic carbocycles. The largest absolute Gasteiger partial charge is 0.461 e. The summed E-state index contributed by atoms with van der Waals surface area (Å²) in [5.41, 5.74) is 6.18. The van der Waals surface area contributed by atoms with Crippen molar-refractivity contribution in [3.63, 3.8) is 0 Å². The van der Waals surface area contributed by atoms with Gasteiger partial charge in [0.05, 0.1) is 23.7 Å². The molecule has 2 aliphatic heterocycles. The van der Waals surface area contributed by atoms with Crippen LogP contribution in [0.15, 0.2) is 83.0 Å². The van der Waals surface area contributed by atoms with E-state index in [4.69, 9.17) is 26.5 Å². The van der Waals surface area contributed by atoms with Crippen LogP contribution in [0, 0.1) is 13.8 Å². The van der Waals surface area contributed by atoms with Crippen molar-refractivity contribution < 1.29 is 9.53 Å². The lowest BCUT2D eigenvalue weighted by Crippen LogP contribution is -2.56. The summed E-state index contributed by atoms with van der Waals surface area (Å²) in [6.45, 7) is 6.27. The Labute approximate surface area is 220 Å². The van der Waals surface area contributed by atoms with Gasteiger partial charge >= 0.3 is 5.97 Å². The Hall–Kier alpha value is -3.29. The Morgan fingerprint density at radius 2 is 1.75 bits per heavy atom. The zero-order valence-corrected chi connectivity index (χ0v) is 22.0. The van der Waals surface area contributed by atoms with Crippen molar-refractivity contribution in [2.75, 3.05) is 16.6 Å². The highest BCUT2D eigenvalue weighted by Gasteiger charge is 2.53. The van der Waals surface area contributed by atoms with E-state index < -0.39 is 11.0 Å². The Morgan fingerprint density at radius 1 is 1.00 bits per heavy atom. The summed E-state index contributed by atoms with van der Waals surface area (Å²) in [7, 11) is 0. The van der Waals surface area contributed by atoms with Crippen LogP contribution >= 0.6 is 23.4 Å². The zero-order valence-electron chi connectivity index (χ0n) is 20.4. The SMILES string of the molecule is CCOC(=O)C1=NN(c2cccc(Cl)c2)[C@]2(CCC(c3cc(C)ccc3C)=NN2c2ccccc2)S1. The number of nitrogens with zero attached hydrogens (tertiary/aromatic N) is 4. The number of benzene rings is 3. The summed E-state index contributed by atoms with van der Waals surface area (Å²) in [6.07, 6.45) is 1.38. The first-order valence-corrected chi connectivity index (χ1v) is 13.1. The molecule has 1 spiro atoms. The third-order valence-electron chi connectivity index (χ3n) is 6.23. The number of anilines is 2. The highest BCUT2D eigenvalue weighted by atomic mass is 35.5. The molecule has 0 amide bonds. The van der Waals surface area contributed by atoms with Crippen molar-refractivity contribution in [1.29, 1.82) is 0 Å². The molecule has 184 valence electrons. The molecule has 0 aromatic heterocycles. The number of aryl methyl sites for hydroxylation is 2. The second-order valence-corrected chi connectivity index (χ2v) is 10.5. The van der Waals surface area contributed by atoms with Crippen molar-refractivity contribution in [2.45, 2.75) is 38.6 Å². The Morgan fingerprint density at radius 3 is 2.50 bits per heavy atom. The van der Waals surface area contributed by atoms with E-state index in [-0.39, 0.29) is 6.61 Å². The quantitative estimate of drug-likeness (QED) is 0.350. The predicted molar refractivity (Wildman–Crippen MR) is 149 cm³/mol. The molecule has 0 bridgehead atoms. The maximum Gasteiger partial charge on any atom is 0.365 e. The van der Waals surface area contributed by atoms with Gasteiger partial charge in [-0.3, -0.25) is 0 Å². The number of para-hydroxylation sites is 1. The second kappa shape index (κ2) is 9.99. The van der Waals surface area contributed by atoms with Crippen LogP contribution < -0.4 is 10.0 Å². The second-order valence-electron chi connectivity index (χ2n) is 8.77. The Balaban J connectivity index is 1.68. The lowest BCUT2D eigenvalue weighted by atomic mass is 9.96. The minimum atomic E-state index is -0.810. The maximum atomic E-state index is 12.8. The van der Waals surface area contributed by atoms with E-state index in [1.165, 1.54) is 22.9 Å². The number of rotatable bonds is 5. The normalized spacial score (nSPS) is 19.3. The van der Waals surface area contributed by atoms with E-state index in [1.54, 1.807) is 6.92 Å². The summed E-state index contributed by atoms with van der Waals surface area (Å²) in [5, 5.41) is 14.7. The van der Waals surface area contributed by atoms with Gasteiger partial charge in [0, 0.05) is 17.0 Å². The summed E-state index contributed by atoms with van der Waals surface area (Å²) < 4.78 is 5.33.